The monoisotopic (exact) mass is 312 g/mol. The van der Waals surface area contributed by atoms with Crippen molar-refractivity contribution < 1.29 is 4.39 Å². The Morgan fingerprint density at radius 2 is 2.28 bits per heavy atom. The maximum absolute atomic E-state index is 13.1. The van der Waals surface area contributed by atoms with Crippen molar-refractivity contribution in [3.63, 3.8) is 0 Å². The summed E-state index contributed by atoms with van der Waals surface area (Å²) in [6, 6.07) is 4.36. The molecule has 4 N–H and O–H groups in total. The summed E-state index contributed by atoms with van der Waals surface area (Å²) in [5, 5.41) is 2.89. The fraction of sp³-hybridized carbons (Fsp3) is 0.0909. The highest BCUT2D eigenvalue weighted by Crippen LogP contribution is 2.19. The number of nitrogens with one attached hydrogen (secondary N) is 2. The highest BCUT2D eigenvalue weighted by molar-refractivity contribution is 9.10. The highest BCUT2D eigenvalue weighted by atomic mass is 79.9. The van der Waals surface area contributed by atoms with Crippen molar-refractivity contribution in [3.05, 3.63) is 50.7 Å². The third-order valence-electron chi connectivity index (χ3n) is 2.34. The Hall–Kier alpha value is -1.89. The first-order chi connectivity index (χ1) is 8.58. The van der Waals surface area contributed by atoms with Gasteiger partial charge in [0.15, 0.2) is 5.82 Å². The van der Waals surface area contributed by atoms with Gasteiger partial charge in [-0.3, -0.25) is 4.79 Å². The summed E-state index contributed by atoms with van der Waals surface area (Å²) in [4.78, 5) is 17.5. The lowest BCUT2D eigenvalue weighted by Crippen LogP contribution is -2.16. The van der Waals surface area contributed by atoms with Crippen LogP contribution in [-0.2, 0) is 6.54 Å². The molecule has 0 radical (unpaired) electrons. The van der Waals surface area contributed by atoms with Gasteiger partial charge >= 0.3 is 0 Å². The van der Waals surface area contributed by atoms with E-state index in [4.69, 9.17) is 5.73 Å². The Labute approximate surface area is 110 Å². The molecule has 0 amide bonds. The second kappa shape index (κ2) is 5.18. The van der Waals surface area contributed by atoms with Crippen LogP contribution in [0.2, 0.25) is 0 Å². The number of rotatable bonds is 3. The molecular formula is C11H10BrFN4O. The van der Waals surface area contributed by atoms with Crippen molar-refractivity contribution in [1.29, 1.82) is 0 Å². The molecule has 0 spiro atoms. The lowest BCUT2D eigenvalue weighted by Gasteiger charge is -2.08. The third kappa shape index (κ3) is 2.67. The fourth-order valence-corrected chi connectivity index (χ4v) is 1.80. The number of aromatic amines is 1. The Balaban J connectivity index is 2.19. The van der Waals surface area contributed by atoms with Gasteiger partial charge in [0.1, 0.15) is 11.5 Å². The number of nitrogen functional groups attached to an aromatic ring is 1. The number of benzene rings is 1. The summed E-state index contributed by atoms with van der Waals surface area (Å²) >= 11 is 3.31. The number of hydrogen-bond acceptors (Lipinski definition) is 4. The minimum absolute atomic E-state index is 0.00465. The van der Waals surface area contributed by atoms with Gasteiger partial charge in [-0.15, -0.1) is 0 Å². The summed E-state index contributed by atoms with van der Waals surface area (Å²) in [5.41, 5.74) is 5.86. The van der Waals surface area contributed by atoms with Gasteiger partial charge in [0, 0.05) is 11.0 Å². The van der Waals surface area contributed by atoms with Crippen LogP contribution in [0.25, 0.3) is 0 Å². The molecule has 0 fully saturated rings. The van der Waals surface area contributed by atoms with Gasteiger partial charge in [-0.05, 0) is 23.8 Å². The molecule has 1 aromatic heterocycles. The third-order valence-corrected chi connectivity index (χ3v) is 3.12. The minimum atomic E-state index is -0.411. The number of nitrogens with zero attached hydrogens (tertiary/aromatic N) is 1. The molecule has 0 unspecified atom stereocenters. The average Bonchev–Trinajstić information content (AvgIpc) is 2.35. The van der Waals surface area contributed by atoms with Crippen molar-refractivity contribution in [2.24, 2.45) is 0 Å². The number of anilines is 2. The van der Waals surface area contributed by atoms with E-state index in [1.807, 2.05) is 0 Å². The summed E-state index contributed by atoms with van der Waals surface area (Å²) in [5.74, 6) is -0.0586. The van der Waals surface area contributed by atoms with Gasteiger partial charge in [-0.25, -0.2) is 9.37 Å². The van der Waals surface area contributed by atoms with E-state index in [1.54, 1.807) is 6.07 Å². The zero-order valence-corrected chi connectivity index (χ0v) is 10.8. The van der Waals surface area contributed by atoms with E-state index in [0.29, 0.717) is 12.1 Å². The molecule has 0 aliphatic rings. The molecule has 0 saturated carbocycles. The van der Waals surface area contributed by atoms with Crippen LogP contribution in [0.1, 0.15) is 5.56 Å². The molecule has 5 nitrogen and oxygen atoms in total. The molecule has 0 bridgehead atoms. The summed E-state index contributed by atoms with van der Waals surface area (Å²) in [6.07, 6.45) is 1.25. The second-order valence-electron chi connectivity index (χ2n) is 3.58. The molecule has 0 atom stereocenters. The summed E-state index contributed by atoms with van der Waals surface area (Å²) in [7, 11) is 0. The highest BCUT2D eigenvalue weighted by Gasteiger charge is 2.06. The lowest BCUT2D eigenvalue weighted by molar-refractivity contribution is 0.625. The van der Waals surface area contributed by atoms with E-state index in [1.165, 1.54) is 18.5 Å². The van der Waals surface area contributed by atoms with Crippen molar-refractivity contribution in [2.45, 2.75) is 6.54 Å². The number of nitrogens with two attached hydrogens (primary N) is 1. The van der Waals surface area contributed by atoms with Crippen LogP contribution in [0, 0.1) is 5.82 Å². The van der Waals surface area contributed by atoms with Crippen LogP contribution in [0.4, 0.5) is 15.9 Å². The number of aromatic nitrogens is 2. The summed E-state index contributed by atoms with van der Waals surface area (Å²) in [6.45, 7) is 0.305. The zero-order chi connectivity index (χ0) is 13.1. The number of halogens is 2. The van der Waals surface area contributed by atoms with Crippen LogP contribution in [0.5, 0.6) is 0 Å². The molecule has 0 aliphatic carbocycles. The van der Waals surface area contributed by atoms with Gasteiger partial charge in [0.2, 0.25) is 0 Å². The summed E-state index contributed by atoms with van der Waals surface area (Å²) < 4.78 is 13.8. The van der Waals surface area contributed by atoms with Crippen LogP contribution in [0.3, 0.4) is 0 Å². The normalized spacial score (nSPS) is 10.3. The molecule has 94 valence electrons. The smallest absolute Gasteiger partial charge is 0.276 e. The second-order valence-corrected chi connectivity index (χ2v) is 4.44. The number of hydrogen-bond donors (Lipinski definition) is 3. The van der Waals surface area contributed by atoms with E-state index in [0.717, 1.165) is 4.47 Å². The maximum atomic E-state index is 13.1. The molecule has 2 aromatic rings. The molecular weight excluding hydrogens is 303 g/mol. The largest absolute Gasteiger partial charge is 0.391 e. The predicted molar refractivity (Wildman–Crippen MR) is 70.7 cm³/mol. The standard InChI is InChI=1S/C11H10BrFN4O/c12-8-2-1-7(13)3-6(8)4-15-10-9(14)11(18)17-5-16-10/h1-3,5H,4,14H2,(H2,15,16,17,18). The number of H-pyrrole nitrogens is 1. The lowest BCUT2D eigenvalue weighted by atomic mass is 10.2. The molecule has 7 heteroatoms. The average molecular weight is 313 g/mol. The van der Waals surface area contributed by atoms with Crippen LogP contribution >= 0.6 is 15.9 Å². The van der Waals surface area contributed by atoms with Crippen LogP contribution in [-0.4, -0.2) is 9.97 Å². The maximum Gasteiger partial charge on any atom is 0.276 e. The van der Waals surface area contributed by atoms with Gasteiger partial charge in [-0.2, -0.15) is 0 Å². The van der Waals surface area contributed by atoms with Gasteiger partial charge < -0.3 is 16.0 Å². The topological polar surface area (TPSA) is 83.8 Å². The van der Waals surface area contributed by atoms with E-state index in [2.05, 4.69) is 31.2 Å². The van der Waals surface area contributed by atoms with Crippen molar-refractivity contribution in [2.75, 3.05) is 11.1 Å². The van der Waals surface area contributed by atoms with E-state index < -0.39 is 5.56 Å². The molecule has 2 rings (SSSR count). The van der Waals surface area contributed by atoms with Gasteiger partial charge in [0.05, 0.1) is 6.33 Å². The van der Waals surface area contributed by atoms with Crippen molar-refractivity contribution in [3.8, 4) is 0 Å². The zero-order valence-electron chi connectivity index (χ0n) is 9.21. The molecule has 1 heterocycles. The fourth-order valence-electron chi connectivity index (χ4n) is 1.41. The van der Waals surface area contributed by atoms with Gasteiger partial charge in [0.25, 0.3) is 5.56 Å². The molecule has 18 heavy (non-hydrogen) atoms. The van der Waals surface area contributed by atoms with Crippen molar-refractivity contribution >= 4 is 27.4 Å². The first kappa shape index (κ1) is 12.6. The van der Waals surface area contributed by atoms with Crippen molar-refractivity contribution in [1.82, 2.24) is 9.97 Å². The minimum Gasteiger partial charge on any atom is -0.391 e. The Kier molecular flexibility index (Phi) is 3.61. The Bertz CT molecular complexity index is 629. The van der Waals surface area contributed by atoms with Crippen LogP contribution < -0.4 is 16.6 Å². The van der Waals surface area contributed by atoms with Crippen LogP contribution in [0.15, 0.2) is 33.8 Å². The molecule has 1 aromatic carbocycles. The Morgan fingerprint density at radius 1 is 1.50 bits per heavy atom. The van der Waals surface area contributed by atoms with Gasteiger partial charge in [-0.1, -0.05) is 15.9 Å². The van der Waals surface area contributed by atoms with E-state index in [9.17, 15) is 9.18 Å². The first-order valence-corrected chi connectivity index (χ1v) is 5.88. The van der Waals surface area contributed by atoms with E-state index in [-0.39, 0.29) is 17.3 Å². The predicted octanol–water partition coefficient (Wildman–Crippen LogP) is 1.87. The molecule has 0 aliphatic heterocycles. The SMILES string of the molecule is Nc1c(NCc2cc(F)ccc2Br)nc[nH]c1=O. The Morgan fingerprint density at radius 3 is 3.06 bits per heavy atom. The first-order valence-electron chi connectivity index (χ1n) is 5.09. The molecule has 0 saturated heterocycles. The quantitative estimate of drug-likeness (QED) is 0.808. The van der Waals surface area contributed by atoms with E-state index >= 15 is 0 Å².